The Hall–Kier alpha value is -2.94. The fourth-order valence-corrected chi connectivity index (χ4v) is 4.65. The molecule has 1 aliphatic heterocycles. The summed E-state index contributed by atoms with van der Waals surface area (Å²) in [6.45, 7) is 4.02. The maximum absolute atomic E-state index is 13.0. The molecule has 2 aromatic rings. The summed E-state index contributed by atoms with van der Waals surface area (Å²) in [5.41, 5.74) is 1.48. The maximum Gasteiger partial charge on any atom is 0.269 e. The van der Waals surface area contributed by atoms with Crippen LogP contribution in [0.1, 0.15) is 43.7 Å². The van der Waals surface area contributed by atoms with Gasteiger partial charge in [0.05, 0.1) is 16.4 Å². The highest BCUT2D eigenvalue weighted by molar-refractivity contribution is 7.99. The van der Waals surface area contributed by atoms with E-state index in [4.69, 9.17) is 0 Å². The van der Waals surface area contributed by atoms with E-state index in [2.05, 4.69) is 15.3 Å². The number of allylic oxidation sites excluding steroid dienone is 2. The molecule has 0 amide bonds. The molecule has 29 heavy (non-hydrogen) atoms. The normalized spacial score (nSPS) is 20.5. The topological polar surface area (TPSA) is 118 Å². The van der Waals surface area contributed by atoms with E-state index in [0.717, 1.165) is 5.70 Å². The van der Waals surface area contributed by atoms with Crippen molar-refractivity contribution in [1.29, 1.82) is 0 Å². The van der Waals surface area contributed by atoms with Gasteiger partial charge in [-0.15, -0.1) is 0 Å². The standard InChI is InChI=1S/C20H20N4O4S/c1-10(2)29-20-22-18-17(19(26)23-20)15(11-6-8-12(9-7-11)24(27)28)16-13(21-18)4-3-5-14(16)25/h4,6-10,15-16H,3,5H2,1-2H3,(H2,21,22,23,26)/t15-,16-/m1/s1. The molecule has 1 aromatic carbocycles. The Morgan fingerprint density at radius 2 is 1.93 bits per heavy atom. The number of H-pyrrole nitrogens is 1. The lowest BCUT2D eigenvalue weighted by Gasteiger charge is -2.36. The lowest BCUT2D eigenvalue weighted by molar-refractivity contribution is -0.384. The van der Waals surface area contributed by atoms with Crippen molar-refractivity contribution in [2.75, 3.05) is 5.32 Å². The Labute approximate surface area is 171 Å². The SMILES string of the molecule is CC(C)Sc1nc2c(c(=O)[nH]1)[C@H](c1ccc([N+](=O)[O-])cc1)[C@H]1C(=O)CCC=C1N2. The molecule has 0 saturated carbocycles. The monoisotopic (exact) mass is 412 g/mol. The molecule has 1 aromatic heterocycles. The fourth-order valence-electron chi connectivity index (χ4n) is 3.91. The molecule has 0 bridgehead atoms. The second kappa shape index (κ2) is 7.47. The predicted molar refractivity (Wildman–Crippen MR) is 110 cm³/mol. The zero-order chi connectivity index (χ0) is 20.7. The molecule has 2 aliphatic rings. The number of ketones is 1. The van der Waals surface area contributed by atoms with Crippen LogP contribution in [0, 0.1) is 16.0 Å². The van der Waals surface area contributed by atoms with Gasteiger partial charge in [-0.1, -0.05) is 43.8 Å². The van der Waals surface area contributed by atoms with E-state index in [1.807, 2.05) is 19.9 Å². The van der Waals surface area contributed by atoms with E-state index in [-0.39, 0.29) is 22.3 Å². The number of non-ortho nitro benzene ring substituents is 1. The number of nitro benzene ring substituents is 1. The number of rotatable bonds is 4. The third kappa shape index (κ3) is 3.57. The van der Waals surface area contributed by atoms with Crippen molar-refractivity contribution in [2.45, 2.75) is 43.0 Å². The first-order valence-corrected chi connectivity index (χ1v) is 10.3. The van der Waals surface area contributed by atoms with Crippen LogP contribution in [0.25, 0.3) is 0 Å². The fraction of sp³-hybridized carbons (Fsp3) is 0.350. The van der Waals surface area contributed by atoms with Crippen molar-refractivity contribution in [1.82, 2.24) is 9.97 Å². The van der Waals surface area contributed by atoms with Crippen LogP contribution >= 0.6 is 11.8 Å². The van der Waals surface area contributed by atoms with Crippen molar-refractivity contribution in [3.8, 4) is 0 Å². The van der Waals surface area contributed by atoms with Gasteiger partial charge in [-0.3, -0.25) is 19.7 Å². The van der Waals surface area contributed by atoms with E-state index in [9.17, 15) is 19.7 Å². The van der Waals surface area contributed by atoms with Gasteiger partial charge in [0.2, 0.25) is 0 Å². The summed E-state index contributed by atoms with van der Waals surface area (Å²) < 4.78 is 0. The molecule has 0 radical (unpaired) electrons. The van der Waals surface area contributed by atoms with Crippen LogP contribution < -0.4 is 10.9 Å². The van der Waals surface area contributed by atoms with Gasteiger partial charge in [0, 0.05) is 35.4 Å². The van der Waals surface area contributed by atoms with Gasteiger partial charge in [0.25, 0.3) is 11.2 Å². The summed E-state index contributed by atoms with van der Waals surface area (Å²) in [5, 5.41) is 15.0. The lowest BCUT2D eigenvalue weighted by Crippen LogP contribution is -2.38. The van der Waals surface area contributed by atoms with Gasteiger partial charge in [0.15, 0.2) is 5.16 Å². The minimum Gasteiger partial charge on any atom is -0.343 e. The first kappa shape index (κ1) is 19.4. The molecule has 0 spiro atoms. The van der Waals surface area contributed by atoms with Gasteiger partial charge in [-0.2, -0.15) is 0 Å². The number of carbonyl (C=O) groups excluding carboxylic acids is 1. The zero-order valence-corrected chi connectivity index (χ0v) is 16.8. The Bertz CT molecular complexity index is 1070. The minimum absolute atomic E-state index is 0.0376. The Morgan fingerprint density at radius 3 is 2.59 bits per heavy atom. The molecule has 8 nitrogen and oxygen atoms in total. The first-order chi connectivity index (χ1) is 13.8. The molecular weight excluding hydrogens is 392 g/mol. The quantitative estimate of drug-likeness (QED) is 0.341. The third-order valence-corrected chi connectivity index (χ3v) is 5.98. The number of hydrogen-bond donors (Lipinski definition) is 2. The molecule has 150 valence electrons. The van der Waals surface area contributed by atoms with Crippen molar-refractivity contribution < 1.29 is 9.72 Å². The van der Waals surface area contributed by atoms with Crippen LogP contribution in [-0.2, 0) is 4.79 Å². The summed E-state index contributed by atoms with van der Waals surface area (Å²) in [6.07, 6.45) is 3.02. The van der Waals surface area contributed by atoms with Gasteiger partial charge in [-0.25, -0.2) is 4.98 Å². The average molecular weight is 412 g/mol. The number of nitrogens with one attached hydrogen (secondary N) is 2. The highest BCUT2D eigenvalue weighted by atomic mass is 32.2. The van der Waals surface area contributed by atoms with E-state index >= 15 is 0 Å². The molecule has 1 aliphatic carbocycles. The number of aromatic nitrogens is 2. The highest BCUT2D eigenvalue weighted by Gasteiger charge is 2.42. The Balaban J connectivity index is 1.89. The summed E-state index contributed by atoms with van der Waals surface area (Å²) in [5.74, 6) is -0.578. The largest absolute Gasteiger partial charge is 0.343 e. The average Bonchev–Trinajstić information content (AvgIpc) is 2.66. The van der Waals surface area contributed by atoms with Gasteiger partial charge in [-0.05, 0) is 12.0 Å². The van der Waals surface area contributed by atoms with Gasteiger partial charge >= 0.3 is 0 Å². The summed E-state index contributed by atoms with van der Waals surface area (Å²) in [7, 11) is 0. The van der Waals surface area contributed by atoms with E-state index < -0.39 is 16.8 Å². The summed E-state index contributed by atoms with van der Waals surface area (Å²) in [6, 6.07) is 6.04. The van der Waals surface area contributed by atoms with Crippen LogP contribution in [0.3, 0.4) is 0 Å². The number of Topliss-reactive ketones (excluding diaryl/α,β-unsaturated/α-hetero) is 1. The van der Waals surface area contributed by atoms with E-state index in [0.29, 0.717) is 34.9 Å². The minimum atomic E-state index is -0.541. The number of thioether (sulfide) groups is 1. The second-order valence-corrected chi connectivity index (χ2v) is 8.96. The molecule has 4 rings (SSSR count). The molecule has 2 heterocycles. The molecule has 0 saturated heterocycles. The number of hydrogen-bond acceptors (Lipinski definition) is 7. The van der Waals surface area contributed by atoms with Crippen LogP contribution in [0.15, 0.2) is 46.0 Å². The number of nitrogens with zero attached hydrogens (tertiary/aromatic N) is 2. The van der Waals surface area contributed by atoms with Crippen LogP contribution in [0.5, 0.6) is 0 Å². The van der Waals surface area contributed by atoms with E-state index in [1.54, 1.807) is 12.1 Å². The molecule has 0 unspecified atom stereocenters. The van der Waals surface area contributed by atoms with Crippen LogP contribution in [-0.4, -0.2) is 25.9 Å². The van der Waals surface area contributed by atoms with Gasteiger partial charge in [0.1, 0.15) is 11.6 Å². The Morgan fingerprint density at radius 1 is 1.21 bits per heavy atom. The maximum atomic E-state index is 13.0. The predicted octanol–water partition coefficient (Wildman–Crippen LogP) is 3.60. The molecular formula is C20H20N4O4S. The zero-order valence-electron chi connectivity index (χ0n) is 16.0. The van der Waals surface area contributed by atoms with Crippen LogP contribution in [0.4, 0.5) is 11.5 Å². The Kier molecular flexibility index (Phi) is 4.99. The van der Waals surface area contributed by atoms with Crippen molar-refractivity contribution in [3.63, 3.8) is 0 Å². The molecule has 9 heteroatoms. The molecule has 2 N–H and O–H groups in total. The third-order valence-electron chi connectivity index (χ3n) is 5.09. The van der Waals surface area contributed by atoms with Crippen molar-refractivity contribution in [2.24, 2.45) is 5.92 Å². The van der Waals surface area contributed by atoms with Crippen molar-refractivity contribution >= 4 is 29.1 Å². The van der Waals surface area contributed by atoms with Crippen LogP contribution in [0.2, 0.25) is 0 Å². The van der Waals surface area contributed by atoms with Gasteiger partial charge < -0.3 is 10.3 Å². The molecule has 0 fully saturated rings. The smallest absolute Gasteiger partial charge is 0.269 e. The number of carbonyl (C=O) groups is 1. The highest BCUT2D eigenvalue weighted by Crippen LogP contribution is 2.45. The van der Waals surface area contributed by atoms with E-state index in [1.165, 1.54) is 23.9 Å². The van der Waals surface area contributed by atoms with Crippen molar-refractivity contribution in [3.05, 3.63) is 67.6 Å². The number of benzene rings is 1. The second-order valence-electron chi connectivity index (χ2n) is 7.39. The summed E-state index contributed by atoms with van der Waals surface area (Å²) >= 11 is 1.45. The number of nitro groups is 1. The number of aromatic amines is 1. The number of anilines is 1. The lowest BCUT2D eigenvalue weighted by atomic mass is 9.72. The summed E-state index contributed by atoms with van der Waals surface area (Å²) in [4.78, 5) is 43.8. The molecule has 2 atom stereocenters. The number of fused-ring (bicyclic) bond motifs is 2. The first-order valence-electron chi connectivity index (χ1n) is 9.40.